The average molecular weight is 502 g/mol. The molecule has 2 saturated heterocycles. The number of amides is 2. The number of piperidine rings is 1. The smallest absolute Gasteiger partial charge is 0.345 e. The van der Waals surface area contributed by atoms with Crippen molar-refractivity contribution in [1.82, 2.24) is 4.90 Å². The molecule has 8 nitrogen and oxygen atoms in total. The first-order valence-electron chi connectivity index (χ1n) is 11.8. The number of ether oxygens (including phenoxy) is 4. The van der Waals surface area contributed by atoms with Gasteiger partial charge in [-0.2, -0.15) is 4.99 Å². The van der Waals surface area contributed by atoms with Gasteiger partial charge in [0.05, 0.1) is 52.0 Å². The van der Waals surface area contributed by atoms with E-state index in [2.05, 4.69) is 27.3 Å². The highest BCUT2D eigenvalue weighted by molar-refractivity contribution is 6.30. The molecule has 0 aliphatic carbocycles. The molecule has 188 valence electrons. The molecule has 1 N–H and O–H groups in total. The summed E-state index contributed by atoms with van der Waals surface area (Å²) in [5, 5.41) is 3.58. The second-order valence-corrected chi connectivity index (χ2v) is 9.22. The van der Waals surface area contributed by atoms with Gasteiger partial charge in [-0.1, -0.05) is 23.7 Å². The predicted octanol–water partition coefficient (Wildman–Crippen LogP) is 4.69. The van der Waals surface area contributed by atoms with Crippen LogP contribution in [-0.4, -0.2) is 70.3 Å². The van der Waals surface area contributed by atoms with Crippen molar-refractivity contribution in [2.24, 2.45) is 10.9 Å². The zero-order valence-electron chi connectivity index (χ0n) is 20.4. The van der Waals surface area contributed by atoms with E-state index in [0.29, 0.717) is 42.1 Å². The van der Waals surface area contributed by atoms with Crippen LogP contribution in [0.4, 0.5) is 10.5 Å². The third kappa shape index (κ3) is 6.25. The average Bonchev–Trinajstić information content (AvgIpc) is 3.33. The Morgan fingerprint density at radius 2 is 1.74 bits per heavy atom. The molecule has 4 rings (SSSR count). The molecular formula is C26H32ClN3O5. The third-order valence-electron chi connectivity index (χ3n) is 6.60. The van der Waals surface area contributed by atoms with Gasteiger partial charge in [0.1, 0.15) is 0 Å². The molecule has 2 aromatic rings. The minimum atomic E-state index is -0.456. The first kappa shape index (κ1) is 25.3. The van der Waals surface area contributed by atoms with E-state index in [1.54, 1.807) is 12.1 Å². The van der Waals surface area contributed by atoms with Crippen molar-refractivity contribution >= 4 is 29.0 Å². The first-order valence-corrected chi connectivity index (χ1v) is 12.1. The molecule has 0 aromatic heterocycles. The highest BCUT2D eigenvalue weighted by Gasteiger charge is 2.33. The van der Waals surface area contributed by atoms with Gasteiger partial charge in [0.2, 0.25) is 5.75 Å². The number of urea groups is 1. The molecule has 0 spiro atoms. The van der Waals surface area contributed by atoms with Gasteiger partial charge in [-0.05, 0) is 56.0 Å². The van der Waals surface area contributed by atoms with Crippen LogP contribution in [0.2, 0.25) is 5.02 Å². The van der Waals surface area contributed by atoms with E-state index in [-0.39, 0.29) is 6.04 Å². The van der Waals surface area contributed by atoms with Crippen molar-refractivity contribution < 1.29 is 23.7 Å². The van der Waals surface area contributed by atoms with Gasteiger partial charge in [-0.25, -0.2) is 4.79 Å². The Kier molecular flexibility index (Phi) is 8.49. The predicted molar refractivity (Wildman–Crippen MR) is 137 cm³/mol. The summed E-state index contributed by atoms with van der Waals surface area (Å²) in [6.45, 7) is 2.83. The monoisotopic (exact) mass is 501 g/mol. The number of anilines is 1. The molecule has 0 unspecified atom stereocenters. The molecule has 2 amide bonds. The number of rotatable bonds is 7. The zero-order valence-corrected chi connectivity index (χ0v) is 21.1. The summed E-state index contributed by atoms with van der Waals surface area (Å²) < 4.78 is 21.7. The molecule has 0 saturated carbocycles. The Balaban J connectivity index is 1.36. The van der Waals surface area contributed by atoms with E-state index in [9.17, 15) is 4.79 Å². The van der Waals surface area contributed by atoms with Gasteiger partial charge in [-0.3, -0.25) is 4.90 Å². The minimum Gasteiger partial charge on any atom is -0.493 e. The quantitative estimate of drug-likeness (QED) is 0.592. The number of carbonyl (C=O) groups excluding carboxylic acids is 1. The largest absolute Gasteiger partial charge is 0.493 e. The summed E-state index contributed by atoms with van der Waals surface area (Å²) in [4.78, 5) is 19.5. The van der Waals surface area contributed by atoms with Crippen LogP contribution >= 0.6 is 11.6 Å². The minimum absolute atomic E-state index is 0.0252. The molecule has 0 radical (unpaired) electrons. The molecule has 0 bridgehead atoms. The number of aliphatic imine (C=N–C) groups is 1. The summed E-state index contributed by atoms with van der Waals surface area (Å²) in [6.07, 6.45) is 3.26. The maximum atomic E-state index is 12.7. The van der Waals surface area contributed by atoms with Gasteiger partial charge in [0.25, 0.3) is 0 Å². The number of methoxy groups -OCH3 is 3. The van der Waals surface area contributed by atoms with Crippen LogP contribution in [0.1, 0.15) is 18.4 Å². The number of nitrogens with one attached hydrogen (secondary N) is 1. The molecule has 2 fully saturated rings. The number of halogens is 1. The molecule has 1 atom stereocenters. The Morgan fingerprint density at radius 1 is 1.09 bits per heavy atom. The van der Waals surface area contributed by atoms with Crippen molar-refractivity contribution in [3.63, 3.8) is 0 Å². The van der Waals surface area contributed by atoms with E-state index in [0.717, 1.165) is 43.1 Å². The van der Waals surface area contributed by atoms with Crippen molar-refractivity contribution in [1.29, 1.82) is 0 Å². The Labute approximate surface area is 211 Å². The summed E-state index contributed by atoms with van der Waals surface area (Å²) in [5.74, 6) is 2.01. The Bertz CT molecular complexity index is 1030. The van der Waals surface area contributed by atoms with Gasteiger partial charge >= 0.3 is 6.03 Å². The number of likely N-dealkylation sites (tertiary alicyclic amines) is 1. The highest BCUT2D eigenvalue weighted by Crippen LogP contribution is 2.40. The van der Waals surface area contributed by atoms with Crippen LogP contribution in [-0.2, 0) is 11.2 Å². The molecule has 2 aliphatic rings. The van der Waals surface area contributed by atoms with Crippen LogP contribution in [0, 0.1) is 5.92 Å². The Hall–Kier alpha value is -2.81. The van der Waals surface area contributed by atoms with Crippen LogP contribution in [0.15, 0.2) is 41.4 Å². The van der Waals surface area contributed by atoms with E-state index in [4.69, 9.17) is 30.5 Å². The fourth-order valence-electron chi connectivity index (χ4n) is 4.75. The normalized spacial score (nSPS) is 20.1. The lowest BCUT2D eigenvalue weighted by atomic mass is 9.89. The van der Waals surface area contributed by atoms with Crippen LogP contribution in [0.3, 0.4) is 0 Å². The topological polar surface area (TPSA) is 81.6 Å². The molecule has 2 heterocycles. The molecule has 2 aliphatic heterocycles. The SMILES string of the molecule is COc1cc(NC(=O)/N=C2/COC[C@H]2N2CCC(Cc3ccc(Cl)cc3)CC2)cc(OC)c1OC. The number of hydrogen-bond donors (Lipinski definition) is 1. The molecular weight excluding hydrogens is 470 g/mol. The van der Waals surface area contributed by atoms with Gasteiger partial charge in [0, 0.05) is 17.2 Å². The second-order valence-electron chi connectivity index (χ2n) is 8.79. The van der Waals surface area contributed by atoms with Crippen molar-refractivity contribution in [3.05, 3.63) is 47.0 Å². The highest BCUT2D eigenvalue weighted by atomic mass is 35.5. The van der Waals surface area contributed by atoms with Crippen LogP contribution < -0.4 is 19.5 Å². The number of carbonyl (C=O) groups is 1. The maximum Gasteiger partial charge on any atom is 0.345 e. The Morgan fingerprint density at radius 3 is 2.34 bits per heavy atom. The molecule has 2 aromatic carbocycles. The number of benzene rings is 2. The first-order chi connectivity index (χ1) is 17.0. The van der Waals surface area contributed by atoms with E-state index >= 15 is 0 Å². The number of hydrogen-bond acceptors (Lipinski definition) is 6. The lowest BCUT2D eigenvalue weighted by molar-refractivity contribution is 0.115. The van der Waals surface area contributed by atoms with Gasteiger partial charge < -0.3 is 24.3 Å². The lowest BCUT2D eigenvalue weighted by Gasteiger charge is -2.35. The lowest BCUT2D eigenvalue weighted by Crippen LogP contribution is -2.46. The van der Waals surface area contributed by atoms with Crippen LogP contribution in [0.25, 0.3) is 0 Å². The van der Waals surface area contributed by atoms with Gasteiger partial charge in [0.15, 0.2) is 11.5 Å². The van der Waals surface area contributed by atoms with E-state index in [1.807, 2.05) is 12.1 Å². The van der Waals surface area contributed by atoms with Gasteiger partial charge in [-0.15, -0.1) is 0 Å². The zero-order chi connectivity index (χ0) is 24.8. The summed E-state index contributed by atoms with van der Waals surface area (Å²) in [6, 6.07) is 11.0. The fraction of sp³-hybridized carbons (Fsp3) is 0.462. The summed E-state index contributed by atoms with van der Waals surface area (Å²) >= 11 is 6.01. The fourth-order valence-corrected chi connectivity index (χ4v) is 4.87. The molecule has 35 heavy (non-hydrogen) atoms. The second kappa shape index (κ2) is 11.7. The van der Waals surface area contributed by atoms with Crippen molar-refractivity contribution in [3.8, 4) is 17.2 Å². The summed E-state index contributed by atoms with van der Waals surface area (Å²) in [7, 11) is 4.59. The van der Waals surface area contributed by atoms with Crippen molar-refractivity contribution in [2.45, 2.75) is 25.3 Å². The van der Waals surface area contributed by atoms with E-state index < -0.39 is 6.03 Å². The van der Waals surface area contributed by atoms with Crippen LogP contribution in [0.5, 0.6) is 17.2 Å². The standard InChI is InChI=1S/C26H32ClN3O5/c1-32-23-13-20(14-24(33-2)25(23)34-3)28-26(31)29-21-15-35-16-22(21)30-10-8-18(9-11-30)12-17-4-6-19(27)7-5-17/h4-7,13-14,18,22H,8-12,15-16H2,1-3H3,(H,28,31)/b29-21-/t22-/m1/s1. The maximum absolute atomic E-state index is 12.7. The third-order valence-corrected chi connectivity index (χ3v) is 6.85. The number of nitrogens with zero attached hydrogens (tertiary/aromatic N) is 2. The molecule has 9 heteroatoms. The van der Waals surface area contributed by atoms with Crippen molar-refractivity contribution in [2.75, 3.05) is 52.9 Å². The summed E-state index contributed by atoms with van der Waals surface area (Å²) in [5.41, 5.74) is 2.58. The van der Waals surface area contributed by atoms with E-state index in [1.165, 1.54) is 26.9 Å².